The van der Waals surface area contributed by atoms with Crippen LogP contribution in [0.5, 0.6) is 0 Å². The van der Waals surface area contributed by atoms with Gasteiger partial charge in [-0.05, 0) is 13.3 Å². The summed E-state index contributed by atoms with van der Waals surface area (Å²) in [7, 11) is 0. The van der Waals surface area contributed by atoms with Gasteiger partial charge in [0.1, 0.15) is 11.5 Å². The minimum absolute atomic E-state index is 0.00285. The second-order valence-electron chi connectivity index (χ2n) is 5.87. The molecular weight excluding hydrogens is 324 g/mol. The Morgan fingerprint density at radius 2 is 2.08 bits per heavy atom. The van der Waals surface area contributed by atoms with Gasteiger partial charge >= 0.3 is 0 Å². The maximum absolute atomic E-state index is 12.7. The van der Waals surface area contributed by atoms with Crippen molar-refractivity contribution < 1.29 is 4.79 Å². The normalized spacial score (nSPS) is 15.7. The van der Waals surface area contributed by atoms with Crippen molar-refractivity contribution >= 4 is 28.0 Å². The van der Waals surface area contributed by atoms with E-state index in [1.165, 1.54) is 11.3 Å². The van der Waals surface area contributed by atoms with Gasteiger partial charge in [0.25, 0.3) is 5.91 Å². The SMILES string of the molecule is Cc1cncc(N2CCCN(C(=O)c3cn4ccsc4n3)CC2)n1. The van der Waals surface area contributed by atoms with E-state index in [1.54, 1.807) is 12.4 Å². The molecule has 0 N–H and O–H groups in total. The summed E-state index contributed by atoms with van der Waals surface area (Å²) in [5.41, 5.74) is 1.42. The number of anilines is 1. The fraction of sp³-hybridized carbons (Fsp3) is 0.375. The molecular formula is C16H18N6OS. The molecule has 1 saturated heterocycles. The second-order valence-corrected chi connectivity index (χ2v) is 6.74. The molecule has 0 radical (unpaired) electrons. The van der Waals surface area contributed by atoms with Crippen LogP contribution in [0.2, 0.25) is 0 Å². The lowest BCUT2D eigenvalue weighted by Gasteiger charge is -2.22. The number of carbonyl (C=O) groups is 1. The van der Waals surface area contributed by atoms with Crippen molar-refractivity contribution in [1.82, 2.24) is 24.3 Å². The summed E-state index contributed by atoms with van der Waals surface area (Å²) in [4.78, 5) is 30.8. The van der Waals surface area contributed by atoms with Gasteiger partial charge < -0.3 is 9.80 Å². The lowest BCUT2D eigenvalue weighted by atomic mass is 10.3. The molecule has 7 nitrogen and oxygen atoms in total. The van der Waals surface area contributed by atoms with Gasteiger partial charge in [0, 0.05) is 50.1 Å². The number of amides is 1. The monoisotopic (exact) mass is 342 g/mol. The summed E-state index contributed by atoms with van der Waals surface area (Å²) < 4.78 is 1.89. The molecule has 0 aromatic carbocycles. The quantitative estimate of drug-likeness (QED) is 0.711. The number of hydrogen-bond acceptors (Lipinski definition) is 6. The van der Waals surface area contributed by atoms with Crippen LogP contribution in [-0.2, 0) is 0 Å². The van der Waals surface area contributed by atoms with Gasteiger partial charge in [0.2, 0.25) is 0 Å². The number of aromatic nitrogens is 4. The standard InChI is InChI=1S/C16H18N6OS/c1-12-9-17-10-14(18-12)20-3-2-4-21(6-5-20)15(23)13-11-22-7-8-24-16(22)19-13/h7-11H,2-6H2,1H3. The number of hydrogen-bond donors (Lipinski definition) is 0. The van der Waals surface area contributed by atoms with Crippen molar-refractivity contribution in [2.24, 2.45) is 0 Å². The van der Waals surface area contributed by atoms with Crippen LogP contribution in [-0.4, -0.2) is 56.3 Å². The Morgan fingerprint density at radius 3 is 2.92 bits per heavy atom. The number of carbonyl (C=O) groups excluding carboxylic acids is 1. The van der Waals surface area contributed by atoms with Gasteiger partial charge in [-0.3, -0.25) is 14.2 Å². The van der Waals surface area contributed by atoms with Crippen molar-refractivity contribution in [1.29, 1.82) is 0 Å². The molecule has 1 amide bonds. The van der Waals surface area contributed by atoms with E-state index in [4.69, 9.17) is 0 Å². The predicted octanol–water partition coefficient (Wildman–Crippen LogP) is 1.85. The summed E-state index contributed by atoms with van der Waals surface area (Å²) >= 11 is 1.53. The molecule has 1 fully saturated rings. The lowest BCUT2D eigenvalue weighted by Crippen LogP contribution is -2.35. The Hall–Kier alpha value is -2.48. The number of thiazole rings is 1. The van der Waals surface area contributed by atoms with Crippen LogP contribution in [0.15, 0.2) is 30.2 Å². The number of aryl methyl sites for hydroxylation is 1. The van der Waals surface area contributed by atoms with E-state index >= 15 is 0 Å². The van der Waals surface area contributed by atoms with E-state index in [0.717, 1.165) is 42.5 Å². The van der Waals surface area contributed by atoms with Crippen molar-refractivity contribution in [2.75, 3.05) is 31.1 Å². The fourth-order valence-corrected chi connectivity index (χ4v) is 3.64. The van der Waals surface area contributed by atoms with Crippen LogP contribution < -0.4 is 4.90 Å². The third-order valence-electron chi connectivity index (χ3n) is 4.16. The Balaban J connectivity index is 1.48. The summed E-state index contributed by atoms with van der Waals surface area (Å²) in [6.07, 6.45) is 8.17. The van der Waals surface area contributed by atoms with Crippen LogP contribution in [0.1, 0.15) is 22.6 Å². The highest BCUT2D eigenvalue weighted by Gasteiger charge is 2.23. The smallest absolute Gasteiger partial charge is 0.274 e. The molecule has 0 spiro atoms. The molecule has 4 rings (SSSR count). The number of fused-ring (bicyclic) bond motifs is 1. The van der Waals surface area contributed by atoms with Crippen LogP contribution in [0.25, 0.3) is 4.96 Å². The Kier molecular flexibility index (Phi) is 3.89. The van der Waals surface area contributed by atoms with Crippen LogP contribution >= 0.6 is 11.3 Å². The van der Waals surface area contributed by atoms with Crippen molar-refractivity contribution in [3.8, 4) is 0 Å². The molecule has 124 valence electrons. The first-order chi connectivity index (χ1) is 11.7. The fourth-order valence-electron chi connectivity index (χ4n) is 2.94. The summed E-state index contributed by atoms with van der Waals surface area (Å²) in [6, 6.07) is 0. The topological polar surface area (TPSA) is 66.6 Å². The summed E-state index contributed by atoms with van der Waals surface area (Å²) in [5.74, 6) is 0.884. The molecule has 8 heteroatoms. The van der Waals surface area contributed by atoms with Gasteiger partial charge in [-0.25, -0.2) is 9.97 Å². The molecule has 4 heterocycles. The molecule has 0 bridgehead atoms. The molecule has 0 aliphatic carbocycles. The van der Waals surface area contributed by atoms with Crippen LogP contribution in [0.4, 0.5) is 5.82 Å². The molecule has 1 aliphatic rings. The third-order valence-corrected chi connectivity index (χ3v) is 4.93. The van der Waals surface area contributed by atoms with Gasteiger partial charge in [0.05, 0.1) is 11.9 Å². The van der Waals surface area contributed by atoms with Crippen molar-refractivity contribution in [3.05, 3.63) is 41.6 Å². The number of imidazole rings is 1. The van der Waals surface area contributed by atoms with Gasteiger partial charge in [0.15, 0.2) is 4.96 Å². The van der Waals surface area contributed by atoms with E-state index < -0.39 is 0 Å². The van der Waals surface area contributed by atoms with Gasteiger partial charge in [-0.15, -0.1) is 11.3 Å². The molecule has 3 aromatic rings. The van der Waals surface area contributed by atoms with Crippen molar-refractivity contribution in [3.63, 3.8) is 0 Å². The highest BCUT2D eigenvalue weighted by atomic mass is 32.1. The number of rotatable bonds is 2. The molecule has 3 aromatic heterocycles. The van der Waals surface area contributed by atoms with Crippen molar-refractivity contribution in [2.45, 2.75) is 13.3 Å². The van der Waals surface area contributed by atoms with E-state index in [0.29, 0.717) is 12.2 Å². The highest BCUT2D eigenvalue weighted by molar-refractivity contribution is 7.15. The zero-order chi connectivity index (χ0) is 16.5. The van der Waals surface area contributed by atoms with Gasteiger partial charge in [-0.2, -0.15) is 0 Å². The zero-order valence-corrected chi connectivity index (χ0v) is 14.2. The Morgan fingerprint density at radius 1 is 1.17 bits per heavy atom. The highest BCUT2D eigenvalue weighted by Crippen LogP contribution is 2.16. The second kappa shape index (κ2) is 6.20. The lowest BCUT2D eigenvalue weighted by molar-refractivity contribution is 0.0762. The first-order valence-electron chi connectivity index (χ1n) is 7.96. The van der Waals surface area contributed by atoms with E-state index in [1.807, 2.05) is 34.0 Å². The Bertz CT molecular complexity index is 844. The maximum atomic E-state index is 12.7. The minimum atomic E-state index is 0.00285. The van der Waals surface area contributed by atoms with Crippen LogP contribution in [0.3, 0.4) is 0 Å². The van der Waals surface area contributed by atoms with E-state index in [2.05, 4.69) is 19.9 Å². The average molecular weight is 342 g/mol. The largest absolute Gasteiger partial charge is 0.353 e. The average Bonchev–Trinajstić information content (AvgIpc) is 3.08. The zero-order valence-electron chi connectivity index (χ0n) is 13.4. The molecule has 0 unspecified atom stereocenters. The van der Waals surface area contributed by atoms with E-state index in [-0.39, 0.29) is 5.91 Å². The predicted molar refractivity (Wildman–Crippen MR) is 92.6 cm³/mol. The molecule has 24 heavy (non-hydrogen) atoms. The summed E-state index contributed by atoms with van der Waals surface area (Å²) in [5, 5.41) is 1.96. The van der Waals surface area contributed by atoms with E-state index in [9.17, 15) is 4.79 Å². The van der Waals surface area contributed by atoms with Gasteiger partial charge in [-0.1, -0.05) is 0 Å². The first kappa shape index (κ1) is 15.1. The molecule has 0 atom stereocenters. The van der Waals surface area contributed by atoms with Crippen LogP contribution in [0, 0.1) is 6.92 Å². The summed E-state index contributed by atoms with van der Waals surface area (Å²) in [6.45, 7) is 4.97. The third kappa shape index (κ3) is 2.84. The Labute approximate surface area is 143 Å². The molecule has 0 saturated carbocycles. The molecule has 1 aliphatic heterocycles. The maximum Gasteiger partial charge on any atom is 0.274 e. The number of nitrogens with zero attached hydrogens (tertiary/aromatic N) is 6. The minimum Gasteiger partial charge on any atom is -0.353 e. The first-order valence-corrected chi connectivity index (χ1v) is 8.84.